The Balaban J connectivity index is 2.27. The van der Waals surface area contributed by atoms with Gasteiger partial charge in [-0.05, 0) is 12.8 Å². The van der Waals surface area contributed by atoms with Gasteiger partial charge in [0, 0.05) is 13.0 Å². The summed E-state index contributed by atoms with van der Waals surface area (Å²) in [5.74, 6) is -0.393. The maximum atomic E-state index is 12.9. The van der Waals surface area contributed by atoms with Gasteiger partial charge in [-0.1, -0.05) is 232 Å². The number of ether oxygens (including phenoxy) is 4. The maximum absolute atomic E-state index is 12.9. The Morgan fingerprint density at radius 3 is 1.27 bits per heavy atom. The summed E-state index contributed by atoms with van der Waals surface area (Å²) >= 11 is 0. The standard InChI is InChI=1S/C50H98O12S/c1-3-5-7-9-11-13-15-17-18-19-20-21-22-23-24-25-26-27-28-30-32-34-36-38-40-58-42-44(60-46(52)39-37-35-33-31-29-16-14-12-10-8-6-4-2)43-59-50-48(54)49(62-63(55,56)57)47(53)45(41-51)61-50/h44-45,47-51,53-54H,3-43H2,1-2H3,(H,55,56,57). The molecule has 6 atom stereocenters. The first-order valence-corrected chi connectivity index (χ1v) is 27.7. The summed E-state index contributed by atoms with van der Waals surface area (Å²) in [4.78, 5) is 12.9. The number of aliphatic hydroxyl groups excluding tert-OH is 3. The van der Waals surface area contributed by atoms with Gasteiger partial charge in [-0.3, -0.25) is 9.35 Å². The highest BCUT2D eigenvalue weighted by atomic mass is 32.3. The van der Waals surface area contributed by atoms with Crippen LogP contribution in [0.2, 0.25) is 0 Å². The van der Waals surface area contributed by atoms with E-state index in [9.17, 15) is 33.1 Å². The van der Waals surface area contributed by atoms with Crippen molar-refractivity contribution < 1.29 is 56.2 Å². The molecule has 12 nitrogen and oxygen atoms in total. The molecule has 0 aromatic carbocycles. The Morgan fingerprint density at radius 2 is 0.905 bits per heavy atom. The van der Waals surface area contributed by atoms with Crippen molar-refractivity contribution in [1.29, 1.82) is 0 Å². The first-order valence-electron chi connectivity index (χ1n) is 26.3. The van der Waals surface area contributed by atoms with Gasteiger partial charge < -0.3 is 34.3 Å². The van der Waals surface area contributed by atoms with Gasteiger partial charge >= 0.3 is 16.4 Å². The number of hydrogen-bond donors (Lipinski definition) is 4. The van der Waals surface area contributed by atoms with Gasteiger partial charge in [0.1, 0.15) is 30.5 Å². The second-order valence-corrected chi connectivity index (χ2v) is 19.5. The molecule has 0 aromatic rings. The van der Waals surface area contributed by atoms with Crippen LogP contribution in [-0.2, 0) is 38.3 Å². The molecule has 0 aliphatic carbocycles. The van der Waals surface area contributed by atoms with Crippen molar-refractivity contribution in [3.05, 3.63) is 0 Å². The fourth-order valence-corrected chi connectivity index (χ4v) is 9.01. The van der Waals surface area contributed by atoms with E-state index < -0.39 is 59.8 Å². The Hall–Kier alpha value is -0.900. The van der Waals surface area contributed by atoms with E-state index in [-0.39, 0.29) is 19.6 Å². The largest absolute Gasteiger partial charge is 0.457 e. The molecule has 63 heavy (non-hydrogen) atoms. The third kappa shape index (κ3) is 35.9. The van der Waals surface area contributed by atoms with Gasteiger partial charge in [0.15, 0.2) is 6.29 Å². The van der Waals surface area contributed by atoms with Crippen molar-refractivity contribution in [1.82, 2.24) is 0 Å². The number of carbonyl (C=O) groups is 1. The molecule has 0 saturated carbocycles. The Morgan fingerprint density at radius 1 is 0.540 bits per heavy atom. The van der Waals surface area contributed by atoms with Crippen LogP contribution in [0.5, 0.6) is 0 Å². The van der Waals surface area contributed by atoms with Crippen LogP contribution in [0.15, 0.2) is 0 Å². The van der Waals surface area contributed by atoms with Gasteiger partial charge in [-0.25, -0.2) is 4.18 Å². The van der Waals surface area contributed by atoms with Crippen molar-refractivity contribution >= 4 is 16.4 Å². The van der Waals surface area contributed by atoms with Crippen LogP contribution in [-0.4, -0.2) is 97.5 Å². The minimum Gasteiger partial charge on any atom is -0.457 e. The third-order valence-corrected chi connectivity index (χ3v) is 12.9. The van der Waals surface area contributed by atoms with Gasteiger partial charge in [0.2, 0.25) is 0 Å². The lowest BCUT2D eigenvalue weighted by molar-refractivity contribution is -0.301. The SMILES string of the molecule is CCCCCCCCCCCCCCCCCCCCCCCCCCOCC(COC1OC(CO)C(O)C(OS(=O)(=O)O)C1O)OC(=O)CCCCCCCCCCCCCC. The fourth-order valence-electron chi connectivity index (χ4n) is 8.50. The van der Waals surface area contributed by atoms with Crippen molar-refractivity contribution in [3.63, 3.8) is 0 Å². The molecule has 1 rings (SSSR count). The molecule has 1 aliphatic rings. The lowest BCUT2D eigenvalue weighted by atomic mass is 9.99. The van der Waals surface area contributed by atoms with Crippen molar-refractivity contribution in [3.8, 4) is 0 Å². The summed E-state index contributed by atoms with van der Waals surface area (Å²) in [6.07, 6.45) is 37.2. The molecule has 1 aliphatic heterocycles. The third-order valence-electron chi connectivity index (χ3n) is 12.5. The topological polar surface area (TPSA) is 178 Å². The minimum atomic E-state index is -5.06. The predicted octanol–water partition coefficient (Wildman–Crippen LogP) is 12.0. The van der Waals surface area contributed by atoms with E-state index in [1.165, 1.54) is 186 Å². The number of hydrogen-bond acceptors (Lipinski definition) is 11. The van der Waals surface area contributed by atoms with Crippen LogP contribution >= 0.6 is 0 Å². The van der Waals surface area contributed by atoms with Crippen molar-refractivity contribution in [2.24, 2.45) is 0 Å². The number of carbonyl (C=O) groups excluding carboxylic acids is 1. The molecule has 4 N–H and O–H groups in total. The summed E-state index contributed by atoms with van der Waals surface area (Å²) in [6, 6.07) is 0. The van der Waals surface area contributed by atoms with E-state index in [0.29, 0.717) is 13.0 Å². The smallest absolute Gasteiger partial charge is 0.397 e. The number of esters is 1. The average Bonchev–Trinajstić information content (AvgIpc) is 3.26. The van der Waals surface area contributed by atoms with Gasteiger partial charge in [-0.15, -0.1) is 0 Å². The summed E-state index contributed by atoms with van der Waals surface area (Å²) < 4.78 is 59.2. The Kier molecular flexibility index (Phi) is 40.5. The number of aliphatic hydroxyl groups is 3. The number of unbranched alkanes of at least 4 members (excludes halogenated alkanes) is 34. The van der Waals surface area contributed by atoms with Crippen LogP contribution in [0.4, 0.5) is 0 Å². The zero-order chi connectivity index (χ0) is 46.1. The number of rotatable bonds is 47. The van der Waals surface area contributed by atoms with Crippen LogP contribution in [0.25, 0.3) is 0 Å². The summed E-state index contributed by atoms with van der Waals surface area (Å²) in [5.41, 5.74) is 0. The predicted molar refractivity (Wildman–Crippen MR) is 253 cm³/mol. The van der Waals surface area contributed by atoms with E-state index in [4.69, 9.17) is 18.9 Å². The van der Waals surface area contributed by atoms with Crippen LogP contribution in [0.1, 0.15) is 251 Å². The van der Waals surface area contributed by atoms with E-state index in [0.717, 1.165) is 38.5 Å². The summed E-state index contributed by atoms with van der Waals surface area (Å²) in [6.45, 7) is 4.04. The van der Waals surface area contributed by atoms with Crippen LogP contribution < -0.4 is 0 Å². The zero-order valence-corrected chi connectivity index (χ0v) is 41.2. The minimum absolute atomic E-state index is 0.0450. The first kappa shape index (κ1) is 60.1. The second-order valence-electron chi connectivity index (χ2n) is 18.5. The molecule has 0 radical (unpaired) electrons. The van der Waals surface area contributed by atoms with Crippen LogP contribution in [0, 0.1) is 0 Å². The maximum Gasteiger partial charge on any atom is 0.397 e. The van der Waals surface area contributed by atoms with Crippen molar-refractivity contribution in [2.75, 3.05) is 26.4 Å². The van der Waals surface area contributed by atoms with Crippen LogP contribution in [0.3, 0.4) is 0 Å². The molecule has 0 bridgehead atoms. The normalized spacial score (nSPS) is 19.7. The molecule has 1 heterocycles. The Bertz CT molecular complexity index is 1110. The quantitative estimate of drug-likeness (QED) is 0.0258. The highest BCUT2D eigenvalue weighted by Crippen LogP contribution is 2.26. The summed E-state index contributed by atoms with van der Waals surface area (Å²) in [7, 11) is -5.06. The highest BCUT2D eigenvalue weighted by molar-refractivity contribution is 7.80. The molecule has 1 saturated heterocycles. The fraction of sp³-hybridized carbons (Fsp3) is 0.980. The van der Waals surface area contributed by atoms with E-state index in [1.54, 1.807) is 0 Å². The van der Waals surface area contributed by atoms with Crippen molar-refractivity contribution in [2.45, 2.75) is 288 Å². The monoisotopic (exact) mass is 923 g/mol. The molecular formula is C50H98O12S. The lowest BCUT2D eigenvalue weighted by Crippen LogP contribution is -2.60. The van der Waals surface area contributed by atoms with E-state index >= 15 is 0 Å². The molecule has 1 fully saturated rings. The zero-order valence-electron chi connectivity index (χ0n) is 40.4. The molecule has 0 spiro atoms. The summed E-state index contributed by atoms with van der Waals surface area (Å²) in [5, 5.41) is 30.7. The molecular weight excluding hydrogens is 825 g/mol. The second kappa shape index (κ2) is 42.5. The van der Waals surface area contributed by atoms with E-state index in [2.05, 4.69) is 18.0 Å². The molecule has 6 unspecified atom stereocenters. The van der Waals surface area contributed by atoms with E-state index in [1.807, 2.05) is 0 Å². The molecule has 0 aromatic heterocycles. The first-order chi connectivity index (χ1) is 30.6. The van der Waals surface area contributed by atoms with Gasteiger partial charge in [0.25, 0.3) is 0 Å². The van der Waals surface area contributed by atoms with Gasteiger partial charge in [0.05, 0.1) is 19.8 Å². The molecule has 376 valence electrons. The highest BCUT2D eigenvalue weighted by Gasteiger charge is 2.48. The molecule has 0 amide bonds. The lowest BCUT2D eigenvalue weighted by Gasteiger charge is -2.41. The van der Waals surface area contributed by atoms with Gasteiger partial charge in [-0.2, -0.15) is 8.42 Å². The average molecular weight is 923 g/mol. The molecule has 13 heteroatoms. The Labute approximate surface area is 386 Å².